The van der Waals surface area contributed by atoms with E-state index < -0.39 is 0 Å². The molecule has 5 aliphatic rings. The lowest BCUT2D eigenvalue weighted by atomic mass is 9.46. The van der Waals surface area contributed by atoms with E-state index in [1.165, 1.54) is 37.7 Å². The molecule has 1 aliphatic heterocycles. The highest BCUT2D eigenvalue weighted by atomic mass is 16.6. The van der Waals surface area contributed by atoms with Crippen LogP contribution in [-0.4, -0.2) is 25.6 Å². The molecule has 0 bridgehead atoms. The van der Waals surface area contributed by atoms with Crippen LogP contribution < -0.4 is 0 Å². The first kappa shape index (κ1) is 17.5. The third kappa shape index (κ3) is 2.37. The second kappa shape index (κ2) is 5.94. The number of carbonyl (C=O) groups excluding carboxylic acids is 1. The summed E-state index contributed by atoms with van der Waals surface area (Å²) in [4.78, 5) is 12.0. The number of ketones is 1. The lowest BCUT2D eigenvalue weighted by Gasteiger charge is -2.58. The van der Waals surface area contributed by atoms with Gasteiger partial charge in [-0.1, -0.05) is 19.4 Å². The Morgan fingerprint density at radius 3 is 2.62 bits per heavy atom. The Morgan fingerprint density at radius 1 is 1.04 bits per heavy atom. The molecule has 0 amide bonds. The molecule has 4 aliphatic carbocycles. The Labute approximate surface area is 158 Å². The van der Waals surface area contributed by atoms with Crippen molar-refractivity contribution >= 4 is 12.9 Å². The molecule has 5 rings (SSSR count). The van der Waals surface area contributed by atoms with Crippen LogP contribution in [0.5, 0.6) is 0 Å². The van der Waals surface area contributed by atoms with Crippen molar-refractivity contribution in [1.29, 1.82) is 0 Å². The standard InChI is InChI=1S/C22H33BO3/c1-21-10-8-15(24)12-14(21)4-5-16-17-6-7-19(20-13-25-23(3)26-20)22(17,2)11-9-18(16)21/h12,16-20H,4-11,13H2,1-3H3/t16-,17-,18-,19?,20?,21-,22-/m0/s1. The number of hydrogen-bond acceptors (Lipinski definition) is 3. The monoisotopic (exact) mass is 356 g/mol. The highest BCUT2D eigenvalue weighted by Crippen LogP contribution is 2.67. The van der Waals surface area contributed by atoms with Crippen LogP contribution in [0.25, 0.3) is 0 Å². The van der Waals surface area contributed by atoms with Crippen molar-refractivity contribution in [2.24, 2.45) is 34.5 Å². The molecule has 0 radical (unpaired) electrons. The first-order chi connectivity index (χ1) is 12.4. The Balaban J connectivity index is 1.42. The number of rotatable bonds is 1. The molecule has 0 aromatic heterocycles. The van der Waals surface area contributed by atoms with Crippen LogP contribution in [0.1, 0.15) is 65.2 Å². The minimum absolute atomic E-state index is 0.0277. The van der Waals surface area contributed by atoms with Crippen molar-refractivity contribution in [2.75, 3.05) is 6.61 Å². The van der Waals surface area contributed by atoms with E-state index >= 15 is 0 Å². The fraction of sp³-hybridized carbons (Fsp3) is 0.864. The lowest BCUT2D eigenvalue weighted by molar-refractivity contribution is -0.117. The van der Waals surface area contributed by atoms with E-state index in [-0.39, 0.29) is 12.5 Å². The van der Waals surface area contributed by atoms with E-state index in [1.807, 2.05) is 12.9 Å². The maximum atomic E-state index is 12.0. The third-order valence-corrected chi connectivity index (χ3v) is 9.35. The molecular weight excluding hydrogens is 323 g/mol. The second-order valence-corrected chi connectivity index (χ2v) is 10.3. The van der Waals surface area contributed by atoms with Crippen molar-refractivity contribution in [2.45, 2.75) is 78.1 Å². The topological polar surface area (TPSA) is 35.5 Å². The van der Waals surface area contributed by atoms with Gasteiger partial charge in [0.05, 0.1) is 12.7 Å². The molecule has 0 N–H and O–H groups in total. The summed E-state index contributed by atoms with van der Waals surface area (Å²) in [6.07, 6.45) is 12.0. The molecule has 4 heteroatoms. The van der Waals surface area contributed by atoms with E-state index in [0.29, 0.717) is 23.2 Å². The highest BCUT2D eigenvalue weighted by molar-refractivity contribution is 6.43. The summed E-state index contributed by atoms with van der Waals surface area (Å²) in [7, 11) is -0.0277. The molecule has 0 spiro atoms. The Morgan fingerprint density at radius 2 is 1.85 bits per heavy atom. The van der Waals surface area contributed by atoms with E-state index in [4.69, 9.17) is 9.31 Å². The number of allylic oxidation sites excluding steroid dienone is 1. The van der Waals surface area contributed by atoms with Gasteiger partial charge in [0, 0.05) is 6.42 Å². The fourth-order valence-electron chi connectivity index (χ4n) is 7.98. The van der Waals surface area contributed by atoms with Gasteiger partial charge in [-0.15, -0.1) is 0 Å². The van der Waals surface area contributed by atoms with Gasteiger partial charge in [0.15, 0.2) is 5.78 Å². The molecule has 26 heavy (non-hydrogen) atoms. The normalized spacial score (nSPS) is 50.9. The van der Waals surface area contributed by atoms with E-state index in [2.05, 4.69) is 13.8 Å². The first-order valence-electron chi connectivity index (χ1n) is 10.9. The Kier molecular flexibility index (Phi) is 4.00. The summed E-state index contributed by atoms with van der Waals surface area (Å²) in [5.74, 6) is 3.49. The summed E-state index contributed by atoms with van der Waals surface area (Å²) in [6.45, 7) is 7.86. The van der Waals surface area contributed by atoms with Gasteiger partial charge in [-0.05, 0) is 92.3 Å². The van der Waals surface area contributed by atoms with Crippen LogP contribution in [0.15, 0.2) is 11.6 Å². The molecule has 3 nitrogen and oxygen atoms in total. The predicted octanol–water partition coefficient (Wildman–Crippen LogP) is 4.67. The maximum absolute atomic E-state index is 12.0. The maximum Gasteiger partial charge on any atom is 0.453 e. The summed E-state index contributed by atoms with van der Waals surface area (Å²) in [6, 6.07) is 0. The third-order valence-electron chi connectivity index (χ3n) is 9.35. The molecule has 142 valence electrons. The van der Waals surface area contributed by atoms with Gasteiger partial charge in [-0.25, -0.2) is 0 Å². The largest absolute Gasteiger partial charge is 0.453 e. The first-order valence-corrected chi connectivity index (χ1v) is 10.9. The minimum atomic E-state index is -0.0277. The quantitative estimate of drug-likeness (QED) is 0.641. The van der Waals surface area contributed by atoms with Crippen molar-refractivity contribution < 1.29 is 14.1 Å². The zero-order valence-electron chi connectivity index (χ0n) is 16.6. The van der Waals surface area contributed by atoms with Crippen molar-refractivity contribution in [3.05, 3.63) is 11.6 Å². The Hall–Kier alpha value is -0.605. The average Bonchev–Trinajstić information content (AvgIpc) is 3.18. The number of hydrogen-bond donors (Lipinski definition) is 0. The fourth-order valence-corrected chi connectivity index (χ4v) is 7.98. The van der Waals surface area contributed by atoms with Gasteiger partial charge in [0.25, 0.3) is 0 Å². The van der Waals surface area contributed by atoms with E-state index in [0.717, 1.165) is 43.6 Å². The van der Waals surface area contributed by atoms with Crippen LogP contribution in [0, 0.1) is 34.5 Å². The van der Waals surface area contributed by atoms with Gasteiger partial charge >= 0.3 is 7.12 Å². The molecule has 2 unspecified atom stereocenters. The molecule has 1 heterocycles. The SMILES string of the molecule is CB1OCC(C2CC[C@H]3[C@@H]4CCC5=CC(=O)CC[C@]5(C)[C@H]4CC[C@]23C)O1. The van der Waals surface area contributed by atoms with Crippen molar-refractivity contribution in [3.63, 3.8) is 0 Å². The van der Waals surface area contributed by atoms with Gasteiger partial charge in [0.2, 0.25) is 0 Å². The predicted molar refractivity (Wildman–Crippen MR) is 103 cm³/mol. The zero-order valence-corrected chi connectivity index (χ0v) is 16.6. The smallest absolute Gasteiger partial charge is 0.409 e. The summed E-state index contributed by atoms with van der Waals surface area (Å²) in [5, 5.41) is 0. The second-order valence-electron chi connectivity index (χ2n) is 10.3. The summed E-state index contributed by atoms with van der Waals surface area (Å²) in [5.41, 5.74) is 2.19. The molecule has 3 saturated carbocycles. The van der Waals surface area contributed by atoms with Crippen LogP contribution >= 0.6 is 0 Å². The van der Waals surface area contributed by atoms with Gasteiger partial charge in [-0.3, -0.25) is 4.79 Å². The van der Waals surface area contributed by atoms with E-state index in [9.17, 15) is 4.79 Å². The molecule has 0 aromatic carbocycles. The van der Waals surface area contributed by atoms with Crippen LogP contribution in [0.2, 0.25) is 6.82 Å². The number of carbonyl (C=O) groups is 1. The van der Waals surface area contributed by atoms with E-state index in [1.54, 1.807) is 0 Å². The molecule has 1 saturated heterocycles. The van der Waals surface area contributed by atoms with Crippen molar-refractivity contribution in [3.8, 4) is 0 Å². The van der Waals surface area contributed by atoms with Crippen molar-refractivity contribution in [1.82, 2.24) is 0 Å². The van der Waals surface area contributed by atoms with Crippen LogP contribution in [0.4, 0.5) is 0 Å². The summed E-state index contributed by atoms with van der Waals surface area (Å²) < 4.78 is 11.9. The highest BCUT2D eigenvalue weighted by Gasteiger charge is 2.60. The molecule has 0 aromatic rings. The van der Waals surface area contributed by atoms with Gasteiger partial charge in [0.1, 0.15) is 0 Å². The lowest BCUT2D eigenvalue weighted by Crippen LogP contribution is -2.51. The average molecular weight is 356 g/mol. The zero-order chi connectivity index (χ0) is 18.1. The van der Waals surface area contributed by atoms with Gasteiger partial charge in [-0.2, -0.15) is 0 Å². The number of fused-ring (bicyclic) bond motifs is 5. The van der Waals surface area contributed by atoms with Crippen LogP contribution in [-0.2, 0) is 14.1 Å². The molecular formula is C22H33BO3. The molecule has 4 fully saturated rings. The van der Waals surface area contributed by atoms with Crippen LogP contribution in [0.3, 0.4) is 0 Å². The van der Waals surface area contributed by atoms with Gasteiger partial charge < -0.3 is 9.31 Å². The Bertz CT molecular complexity index is 645. The summed E-state index contributed by atoms with van der Waals surface area (Å²) >= 11 is 0. The molecule has 7 atom stereocenters. The minimum Gasteiger partial charge on any atom is -0.409 e.